The van der Waals surface area contributed by atoms with E-state index in [2.05, 4.69) is 20.2 Å². The summed E-state index contributed by atoms with van der Waals surface area (Å²) >= 11 is 1.09. The number of hydrogen-bond acceptors (Lipinski definition) is 9. The molecule has 3 rings (SSSR count). The lowest BCUT2D eigenvalue weighted by Crippen LogP contribution is -2.15. The van der Waals surface area contributed by atoms with Gasteiger partial charge in [0.25, 0.3) is 5.22 Å². The van der Waals surface area contributed by atoms with Gasteiger partial charge in [-0.25, -0.2) is 8.42 Å². The first-order valence-corrected chi connectivity index (χ1v) is 12.9. The maximum Gasteiger partial charge on any atom is 0.277 e. The third-order valence-electron chi connectivity index (χ3n) is 4.00. The highest BCUT2D eigenvalue weighted by atomic mass is 32.2. The van der Waals surface area contributed by atoms with Gasteiger partial charge in [-0.3, -0.25) is 9.52 Å². The highest BCUT2D eigenvalue weighted by Gasteiger charge is 2.14. The maximum absolute atomic E-state index is 12.5. The minimum absolute atomic E-state index is 0.0449. The molecule has 10 nitrogen and oxygen atoms in total. The van der Waals surface area contributed by atoms with E-state index in [1.165, 1.54) is 0 Å². The summed E-state index contributed by atoms with van der Waals surface area (Å²) in [6.07, 6.45) is 1.08. The molecule has 0 radical (unpaired) electrons. The molecule has 0 saturated heterocycles. The molecule has 0 spiro atoms. The molecule has 0 atom stereocenters. The monoisotopic (exact) mass is 492 g/mol. The molecule has 0 unspecified atom stereocenters. The first-order valence-electron chi connectivity index (χ1n) is 10.0. The number of nitrogens with one attached hydrogen (secondary N) is 2. The number of nitrogens with zero attached hydrogens (tertiary/aromatic N) is 2. The molecule has 1 aromatic heterocycles. The first-order chi connectivity index (χ1) is 15.8. The van der Waals surface area contributed by atoms with Crippen LogP contribution in [0.4, 0.5) is 11.4 Å². The number of aromatic nitrogens is 2. The molecule has 1 heterocycles. The van der Waals surface area contributed by atoms with Crippen LogP contribution in [0.1, 0.15) is 13.8 Å². The molecule has 3 aromatic rings. The van der Waals surface area contributed by atoms with Gasteiger partial charge in [-0.1, -0.05) is 11.8 Å². The van der Waals surface area contributed by atoms with Crippen LogP contribution in [0.3, 0.4) is 0 Å². The molecule has 2 N–H and O–H groups in total. The number of carbonyl (C=O) groups is 1. The molecule has 0 fully saturated rings. The molecule has 0 saturated carbocycles. The Balaban J connectivity index is 1.60. The zero-order valence-corrected chi connectivity index (χ0v) is 20.0. The first kappa shape index (κ1) is 24.4. The van der Waals surface area contributed by atoms with Gasteiger partial charge in [-0.05, 0) is 50.2 Å². The van der Waals surface area contributed by atoms with Gasteiger partial charge >= 0.3 is 0 Å². The van der Waals surface area contributed by atoms with Crippen molar-refractivity contribution in [3.63, 3.8) is 0 Å². The fourth-order valence-corrected chi connectivity index (χ4v) is 3.87. The average Bonchev–Trinajstić information content (AvgIpc) is 3.23. The van der Waals surface area contributed by atoms with Crippen LogP contribution in [0.2, 0.25) is 0 Å². The third-order valence-corrected chi connectivity index (χ3v) is 5.43. The maximum atomic E-state index is 12.5. The molecule has 2 aromatic carbocycles. The third kappa shape index (κ3) is 7.39. The molecule has 0 aliphatic rings. The Kier molecular flexibility index (Phi) is 8.17. The Labute approximate surface area is 196 Å². The summed E-state index contributed by atoms with van der Waals surface area (Å²) in [6, 6.07) is 11.7. The Morgan fingerprint density at radius 1 is 1.06 bits per heavy atom. The van der Waals surface area contributed by atoms with Crippen molar-refractivity contribution in [3.8, 4) is 23.0 Å². The van der Waals surface area contributed by atoms with E-state index in [1.807, 2.05) is 13.8 Å². The predicted molar refractivity (Wildman–Crippen MR) is 126 cm³/mol. The number of thioether (sulfide) groups is 1. The number of hydrogen-bond donors (Lipinski definition) is 2. The lowest BCUT2D eigenvalue weighted by atomic mass is 10.2. The summed E-state index contributed by atoms with van der Waals surface area (Å²) in [5, 5.41) is 11.0. The van der Waals surface area contributed by atoms with Crippen molar-refractivity contribution < 1.29 is 27.1 Å². The van der Waals surface area contributed by atoms with Gasteiger partial charge in [0.15, 0.2) is 0 Å². The van der Waals surface area contributed by atoms with Crippen LogP contribution in [-0.4, -0.2) is 49.7 Å². The van der Waals surface area contributed by atoms with Gasteiger partial charge < -0.3 is 19.2 Å². The molecule has 1 amide bonds. The van der Waals surface area contributed by atoms with Crippen LogP contribution in [0.5, 0.6) is 11.5 Å². The fraction of sp³-hybridized carbons (Fsp3) is 0.286. The van der Waals surface area contributed by atoms with E-state index in [9.17, 15) is 13.2 Å². The quantitative estimate of drug-likeness (QED) is 0.385. The summed E-state index contributed by atoms with van der Waals surface area (Å²) in [6.45, 7) is 4.71. The van der Waals surface area contributed by atoms with E-state index in [0.717, 1.165) is 18.0 Å². The van der Waals surface area contributed by atoms with Crippen molar-refractivity contribution in [2.45, 2.75) is 19.1 Å². The second-order valence-corrected chi connectivity index (χ2v) is 9.36. The molecular formula is C21H24N4O6S2. The highest BCUT2D eigenvalue weighted by molar-refractivity contribution is 7.99. The minimum atomic E-state index is -3.36. The summed E-state index contributed by atoms with van der Waals surface area (Å²) in [7, 11) is -3.36. The van der Waals surface area contributed by atoms with Crippen LogP contribution in [0.15, 0.2) is 52.1 Å². The minimum Gasteiger partial charge on any atom is -0.494 e. The highest BCUT2D eigenvalue weighted by Crippen LogP contribution is 2.30. The molecule has 33 heavy (non-hydrogen) atoms. The van der Waals surface area contributed by atoms with Crippen LogP contribution in [-0.2, 0) is 14.8 Å². The number of amides is 1. The Morgan fingerprint density at radius 2 is 1.79 bits per heavy atom. The number of ether oxygens (including phenoxy) is 2. The second kappa shape index (κ2) is 11.1. The summed E-state index contributed by atoms with van der Waals surface area (Å²) in [5.41, 5.74) is 1.56. The van der Waals surface area contributed by atoms with Crippen molar-refractivity contribution in [1.82, 2.24) is 10.2 Å². The van der Waals surface area contributed by atoms with E-state index in [1.54, 1.807) is 42.5 Å². The molecular weight excluding hydrogens is 468 g/mol. The molecule has 0 bridgehead atoms. The van der Waals surface area contributed by atoms with E-state index in [4.69, 9.17) is 13.9 Å². The standard InChI is InChI=1S/C21H24N4O6S2/c1-4-29-16-10-11-18(30-5-2)17(12-16)22-19(26)13-32-21-24-23-20(31-21)14-6-8-15(9-7-14)25-33(3,27)28/h6-12,25H,4-5,13H2,1-3H3,(H,22,26). The smallest absolute Gasteiger partial charge is 0.277 e. The predicted octanol–water partition coefficient (Wildman–Crippen LogP) is 3.64. The van der Waals surface area contributed by atoms with Gasteiger partial charge in [0.05, 0.1) is 30.9 Å². The van der Waals surface area contributed by atoms with Gasteiger partial charge in [0, 0.05) is 17.3 Å². The van der Waals surface area contributed by atoms with Crippen molar-refractivity contribution in [3.05, 3.63) is 42.5 Å². The lowest BCUT2D eigenvalue weighted by Gasteiger charge is -2.13. The Hall–Kier alpha value is -3.25. The van der Waals surface area contributed by atoms with E-state index in [0.29, 0.717) is 41.7 Å². The van der Waals surface area contributed by atoms with Gasteiger partial charge in [-0.15, -0.1) is 10.2 Å². The zero-order chi connectivity index (χ0) is 23.8. The number of anilines is 2. The molecule has 0 aliphatic carbocycles. The van der Waals surface area contributed by atoms with Gasteiger partial charge in [0.1, 0.15) is 11.5 Å². The van der Waals surface area contributed by atoms with Gasteiger partial charge in [-0.2, -0.15) is 0 Å². The van der Waals surface area contributed by atoms with Crippen molar-refractivity contribution in [1.29, 1.82) is 0 Å². The summed E-state index contributed by atoms with van der Waals surface area (Å²) in [5.74, 6) is 1.21. The van der Waals surface area contributed by atoms with E-state index < -0.39 is 10.0 Å². The van der Waals surface area contributed by atoms with Crippen LogP contribution >= 0.6 is 11.8 Å². The van der Waals surface area contributed by atoms with Crippen molar-refractivity contribution >= 4 is 39.1 Å². The van der Waals surface area contributed by atoms with E-state index >= 15 is 0 Å². The van der Waals surface area contributed by atoms with Gasteiger partial charge in [0.2, 0.25) is 21.8 Å². The molecule has 12 heteroatoms. The zero-order valence-electron chi connectivity index (χ0n) is 18.3. The summed E-state index contributed by atoms with van der Waals surface area (Å²) in [4.78, 5) is 12.5. The number of benzene rings is 2. The molecule has 0 aliphatic heterocycles. The number of carbonyl (C=O) groups excluding carboxylic acids is 1. The fourth-order valence-electron chi connectivity index (χ4n) is 2.74. The van der Waals surface area contributed by atoms with Crippen LogP contribution < -0.4 is 19.5 Å². The second-order valence-electron chi connectivity index (χ2n) is 6.69. The van der Waals surface area contributed by atoms with Crippen LogP contribution in [0.25, 0.3) is 11.5 Å². The van der Waals surface area contributed by atoms with Crippen LogP contribution in [0, 0.1) is 0 Å². The topological polar surface area (TPSA) is 133 Å². The number of rotatable bonds is 11. The van der Waals surface area contributed by atoms with Crippen molar-refractivity contribution in [2.24, 2.45) is 0 Å². The Bertz CT molecular complexity index is 1200. The SMILES string of the molecule is CCOc1ccc(OCC)c(NC(=O)CSc2nnc(-c3ccc(NS(C)(=O)=O)cc3)o2)c1. The number of sulfonamides is 1. The molecule has 176 valence electrons. The lowest BCUT2D eigenvalue weighted by molar-refractivity contribution is -0.113. The van der Waals surface area contributed by atoms with Crippen molar-refractivity contribution in [2.75, 3.05) is 35.3 Å². The normalized spacial score (nSPS) is 11.1. The average molecular weight is 493 g/mol. The van der Waals surface area contributed by atoms with E-state index in [-0.39, 0.29) is 22.8 Å². The largest absolute Gasteiger partial charge is 0.494 e. The summed E-state index contributed by atoms with van der Waals surface area (Å²) < 4.78 is 41.6. The Morgan fingerprint density at radius 3 is 2.45 bits per heavy atom.